The Balaban J connectivity index is 2.20. The molecule has 0 radical (unpaired) electrons. The van der Waals surface area contributed by atoms with Crippen LogP contribution in [0.4, 0.5) is 0 Å². The maximum absolute atomic E-state index is 11.4. The third-order valence-corrected chi connectivity index (χ3v) is 4.75. The summed E-state index contributed by atoms with van der Waals surface area (Å²) in [5, 5.41) is 5.16. The van der Waals surface area contributed by atoms with E-state index in [4.69, 9.17) is 9.88 Å². The van der Waals surface area contributed by atoms with Gasteiger partial charge >= 0.3 is 0 Å². The number of nitrogens with two attached hydrogens (primary N) is 1. The van der Waals surface area contributed by atoms with Crippen molar-refractivity contribution in [3.63, 3.8) is 0 Å². The SMILES string of the molecule is Cc1c(OCC2CCC2)ccc(S(N)(=O)=O)c1C. The Hall–Kier alpha value is -1.07. The van der Waals surface area contributed by atoms with Crippen molar-refractivity contribution in [2.24, 2.45) is 11.1 Å². The second-order valence-corrected chi connectivity index (χ2v) is 6.49. The van der Waals surface area contributed by atoms with Crippen molar-refractivity contribution in [2.45, 2.75) is 38.0 Å². The topological polar surface area (TPSA) is 69.4 Å². The first-order valence-electron chi connectivity index (χ1n) is 6.15. The van der Waals surface area contributed by atoms with Crippen LogP contribution in [0.3, 0.4) is 0 Å². The molecule has 0 spiro atoms. The van der Waals surface area contributed by atoms with Gasteiger partial charge < -0.3 is 4.74 Å². The first-order valence-corrected chi connectivity index (χ1v) is 7.70. The van der Waals surface area contributed by atoms with Crippen LogP contribution in [0.1, 0.15) is 30.4 Å². The molecule has 1 saturated carbocycles. The van der Waals surface area contributed by atoms with E-state index < -0.39 is 10.0 Å². The number of benzene rings is 1. The standard InChI is InChI=1S/C13H19NO3S/c1-9-10(2)13(18(14,15)16)7-6-12(9)17-8-11-4-3-5-11/h6-7,11H,3-5,8H2,1-2H3,(H2,14,15,16). The first kappa shape index (κ1) is 13.4. The summed E-state index contributed by atoms with van der Waals surface area (Å²) in [4.78, 5) is 0.177. The van der Waals surface area contributed by atoms with E-state index in [1.54, 1.807) is 13.0 Å². The van der Waals surface area contributed by atoms with Crippen molar-refractivity contribution < 1.29 is 13.2 Å². The molecule has 2 rings (SSSR count). The molecule has 0 aromatic heterocycles. The summed E-state index contributed by atoms with van der Waals surface area (Å²) in [6, 6.07) is 3.22. The summed E-state index contributed by atoms with van der Waals surface area (Å²) in [5.74, 6) is 1.41. The van der Waals surface area contributed by atoms with Crippen LogP contribution in [0.25, 0.3) is 0 Å². The average Bonchev–Trinajstić information content (AvgIpc) is 2.20. The van der Waals surface area contributed by atoms with E-state index in [0.717, 1.165) is 17.9 Å². The molecule has 0 unspecified atom stereocenters. The van der Waals surface area contributed by atoms with Crippen molar-refractivity contribution in [3.05, 3.63) is 23.3 Å². The molecule has 5 heteroatoms. The fourth-order valence-corrected chi connectivity index (χ4v) is 2.94. The molecule has 100 valence electrons. The maximum atomic E-state index is 11.4. The van der Waals surface area contributed by atoms with E-state index in [-0.39, 0.29) is 4.90 Å². The average molecular weight is 269 g/mol. The Morgan fingerprint density at radius 2 is 1.94 bits per heavy atom. The van der Waals surface area contributed by atoms with Crippen LogP contribution < -0.4 is 9.88 Å². The minimum absolute atomic E-state index is 0.177. The highest BCUT2D eigenvalue weighted by Crippen LogP contribution is 2.30. The van der Waals surface area contributed by atoms with E-state index in [2.05, 4.69) is 0 Å². The highest BCUT2D eigenvalue weighted by Gasteiger charge is 2.19. The van der Waals surface area contributed by atoms with Crippen molar-refractivity contribution in [1.82, 2.24) is 0 Å². The third-order valence-electron chi connectivity index (χ3n) is 3.69. The summed E-state index contributed by atoms with van der Waals surface area (Å²) in [6.07, 6.45) is 3.75. The van der Waals surface area contributed by atoms with Crippen LogP contribution in [0.2, 0.25) is 0 Å². The van der Waals surface area contributed by atoms with Crippen LogP contribution in [-0.2, 0) is 10.0 Å². The lowest BCUT2D eigenvalue weighted by atomic mass is 9.86. The minimum atomic E-state index is -3.65. The van der Waals surface area contributed by atoms with Crippen LogP contribution in [0.15, 0.2) is 17.0 Å². The van der Waals surface area contributed by atoms with Gasteiger partial charge in [-0.05, 0) is 55.9 Å². The largest absolute Gasteiger partial charge is 0.493 e. The molecule has 1 aromatic carbocycles. The van der Waals surface area contributed by atoms with Gasteiger partial charge in [-0.15, -0.1) is 0 Å². The van der Waals surface area contributed by atoms with Gasteiger partial charge in [0.25, 0.3) is 0 Å². The zero-order valence-corrected chi connectivity index (χ0v) is 11.6. The van der Waals surface area contributed by atoms with Gasteiger partial charge in [-0.2, -0.15) is 0 Å². The molecule has 0 atom stereocenters. The quantitative estimate of drug-likeness (QED) is 0.910. The van der Waals surface area contributed by atoms with Crippen molar-refractivity contribution in [3.8, 4) is 5.75 Å². The molecule has 1 fully saturated rings. The Labute approximate surface area is 108 Å². The summed E-state index contributed by atoms with van der Waals surface area (Å²) >= 11 is 0. The molecule has 2 N–H and O–H groups in total. The highest BCUT2D eigenvalue weighted by molar-refractivity contribution is 7.89. The van der Waals surface area contributed by atoms with Crippen molar-refractivity contribution in [1.29, 1.82) is 0 Å². The van der Waals surface area contributed by atoms with Crippen LogP contribution in [-0.4, -0.2) is 15.0 Å². The van der Waals surface area contributed by atoms with E-state index in [0.29, 0.717) is 11.5 Å². The monoisotopic (exact) mass is 269 g/mol. The number of sulfonamides is 1. The van der Waals surface area contributed by atoms with Gasteiger partial charge in [-0.3, -0.25) is 0 Å². The normalized spacial score (nSPS) is 16.4. The molecule has 1 aromatic rings. The van der Waals surface area contributed by atoms with Crippen LogP contribution in [0, 0.1) is 19.8 Å². The fourth-order valence-electron chi connectivity index (χ4n) is 2.10. The van der Waals surface area contributed by atoms with E-state index >= 15 is 0 Å². The van der Waals surface area contributed by atoms with Gasteiger partial charge in [-0.1, -0.05) is 6.42 Å². The van der Waals surface area contributed by atoms with E-state index in [1.165, 1.54) is 25.3 Å². The number of primary sulfonamides is 1. The lowest BCUT2D eigenvalue weighted by molar-refractivity contribution is 0.179. The smallest absolute Gasteiger partial charge is 0.238 e. The molecule has 18 heavy (non-hydrogen) atoms. The van der Waals surface area contributed by atoms with E-state index in [9.17, 15) is 8.42 Å². The minimum Gasteiger partial charge on any atom is -0.493 e. The molecule has 0 aliphatic heterocycles. The fraction of sp³-hybridized carbons (Fsp3) is 0.538. The second kappa shape index (κ2) is 4.90. The van der Waals surface area contributed by atoms with Crippen LogP contribution >= 0.6 is 0 Å². The number of ether oxygens (including phenoxy) is 1. The number of rotatable bonds is 4. The molecule has 0 amide bonds. The molecule has 0 saturated heterocycles. The first-order chi connectivity index (χ1) is 8.39. The third kappa shape index (κ3) is 2.67. The lowest BCUT2D eigenvalue weighted by Gasteiger charge is -2.25. The molecular formula is C13H19NO3S. The van der Waals surface area contributed by atoms with Gasteiger partial charge in [0.15, 0.2) is 0 Å². The number of hydrogen-bond donors (Lipinski definition) is 1. The van der Waals surface area contributed by atoms with Gasteiger partial charge in [0.05, 0.1) is 11.5 Å². The molecular weight excluding hydrogens is 250 g/mol. The molecule has 4 nitrogen and oxygen atoms in total. The molecule has 0 bridgehead atoms. The van der Waals surface area contributed by atoms with Gasteiger partial charge in [0, 0.05) is 0 Å². The second-order valence-electron chi connectivity index (χ2n) is 4.96. The summed E-state index contributed by atoms with van der Waals surface area (Å²) in [6.45, 7) is 4.33. The van der Waals surface area contributed by atoms with Gasteiger partial charge in [0.1, 0.15) is 5.75 Å². The Kier molecular flexibility index (Phi) is 3.64. The molecule has 0 heterocycles. The molecule has 1 aliphatic rings. The Bertz CT molecular complexity index is 548. The van der Waals surface area contributed by atoms with Gasteiger partial charge in [0.2, 0.25) is 10.0 Å². The lowest BCUT2D eigenvalue weighted by Crippen LogP contribution is -2.20. The highest BCUT2D eigenvalue weighted by atomic mass is 32.2. The zero-order valence-electron chi connectivity index (χ0n) is 10.8. The summed E-state index contributed by atoms with van der Waals surface area (Å²) < 4.78 is 28.5. The number of hydrogen-bond acceptors (Lipinski definition) is 3. The zero-order chi connectivity index (χ0) is 13.3. The summed E-state index contributed by atoms with van der Waals surface area (Å²) in [5.41, 5.74) is 1.52. The van der Waals surface area contributed by atoms with Crippen molar-refractivity contribution in [2.75, 3.05) is 6.61 Å². The predicted molar refractivity (Wildman–Crippen MR) is 70.1 cm³/mol. The van der Waals surface area contributed by atoms with Crippen LogP contribution in [0.5, 0.6) is 5.75 Å². The molecule has 1 aliphatic carbocycles. The summed E-state index contributed by atoms with van der Waals surface area (Å²) in [7, 11) is -3.65. The maximum Gasteiger partial charge on any atom is 0.238 e. The van der Waals surface area contributed by atoms with E-state index in [1.807, 2.05) is 6.92 Å². The Morgan fingerprint density at radius 1 is 1.28 bits per heavy atom. The van der Waals surface area contributed by atoms with Gasteiger partial charge in [-0.25, -0.2) is 13.6 Å². The predicted octanol–water partition coefficient (Wildman–Crippen LogP) is 2.13. The van der Waals surface area contributed by atoms with Crippen molar-refractivity contribution >= 4 is 10.0 Å². The Morgan fingerprint density at radius 3 is 2.44 bits per heavy atom.